The first-order chi connectivity index (χ1) is 18.1. The summed E-state index contributed by atoms with van der Waals surface area (Å²) in [7, 11) is 0. The number of aromatic nitrogens is 1. The minimum atomic E-state index is -0.283. The molecule has 1 aromatic heterocycles. The number of carbonyl (C=O) groups is 2. The van der Waals surface area contributed by atoms with Gasteiger partial charge in [0.25, 0.3) is 11.1 Å². The van der Waals surface area contributed by atoms with Gasteiger partial charge in [0.15, 0.2) is 0 Å². The molecule has 5 aromatic rings. The standard InChI is InChI=1S/C31H21N3O2S/c32-17-22-9-1-2-10-23(22)18-33-19-25(27-14-5-6-15-28(27)33)16-29-30(35)34(31(36)37-29)20-24-12-7-11-21-8-3-4-13-26(21)24/h1-16,19H,18,20H2/b29-16+. The summed E-state index contributed by atoms with van der Waals surface area (Å²) < 4.78 is 2.08. The van der Waals surface area contributed by atoms with E-state index in [1.54, 1.807) is 0 Å². The molecule has 0 atom stereocenters. The number of fused-ring (bicyclic) bond motifs is 2. The van der Waals surface area contributed by atoms with Crippen LogP contribution in [0, 0.1) is 11.3 Å². The van der Waals surface area contributed by atoms with E-state index < -0.39 is 0 Å². The molecule has 0 N–H and O–H groups in total. The molecule has 37 heavy (non-hydrogen) atoms. The highest BCUT2D eigenvalue weighted by Gasteiger charge is 2.35. The highest BCUT2D eigenvalue weighted by Crippen LogP contribution is 2.36. The molecule has 1 aliphatic rings. The molecule has 6 rings (SSSR count). The van der Waals surface area contributed by atoms with Crippen molar-refractivity contribution in [3.63, 3.8) is 0 Å². The molecule has 1 aliphatic heterocycles. The number of imide groups is 1. The summed E-state index contributed by atoms with van der Waals surface area (Å²) in [6.07, 6.45) is 3.79. The number of nitrogens with zero attached hydrogens (tertiary/aromatic N) is 3. The van der Waals surface area contributed by atoms with Crippen molar-refractivity contribution < 1.29 is 9.59 Å². The SMILES string of the molecule is N#Cc1ccccc1Cn1cc(/C=C2/SC(=O)N(Cc3cccc4ccccc34)C2=O)c2ccccc21. The summed E-state index contributed by atoms with van der Waals surface area (Å²) in [5, 5.41) is 12.3. The highest BCUT2D eigenvalue weighted by molar-refractivity contribution is 8.18. The number of amides is 2. The molecule has 0 spiro atoms. The molecular weight excluding hydrogens is 478 g/mol. The second kappa shape index (κ2) is 9.45. The number of hydrogen-bond donors (Lipinski definition) is 0. The number of nitriles is 1. The van der Waals surface area contributed by atoms with E-state index in [9.17, 15) is 14.9 Å². The molecule has 1 fully saturated rings. The van der Waals surface area contributed by atoms with Crippen LogP contribution in [0.4, 0.5) is 4.79 Å². The Morgan fingerprint density at radius 1 is 0.784 bits per heavy atom. The van der Waals surface area contributed by atoms with Crippen LogP contribution in [-0.2, 0) is 17.9 Å². The summed E-state index contributed by atoms with van der Waals surface area (Å²) in [5.74, 6) is -0.283. The van der Waals surface area contributed by atoms with E-state index in [1.807, 2.05) is 103 Å². The van der Waals surface area contributed by atoms with Gasteiger partial charge in [-0.1, -0.05) is 78.9 Å². The van der Waals surface area contributed by atoms with Crippen LogP contribution in [0.25, 0.3) is 27.8 Å². The molecular formula is C31H21N3O2S. The molecule has 2 amide bonds. The first kappa shape index (κ1) is 22.8. The molecule has 6 heteroatoms. The van der Waals surface area contributed by atoms with Crippen molar-refractivity contribution in [2.45, 2.75) is 13.1 Å². The molecule has 5 nitrogen and oxygen atoms in total. The monoisotopic (exact) mass is 499 g/mol. The van der Waals surface area contributed by atoms with Crippen LogP contribution >= 0.6 is 11.8 Å². The summed E-state index contributed by atoms with van der Waals surface area (Å²) in [4.78, 5) is 28.0. The Morgan fingerprint density at radius 3 is 2.35 bits per heavy atom. The lowest BCUT2D eigenvalue weighted by Gasteiger charge is -2.14. The van der Waals surface area contributed by atoms with Gasteiger partial charge in [0.1, 0.15) is 0 Å². The zero-order valence-corrected chi connectivity index (χ0v) is 20.6. The first-order valence-electron chi connectivity index (χ1n) is 11.9. The average molecular weight is 500 g/mol. The van der Waals surface area contributed by atoms with Crippen molar-refractivity contribution >= 4 is 50.7 Å². The van der Waals surface area contributed by atoms with Crippen LogP contribution in [0.5, 0.6) is 0 Å². The molecule has 178 valence electrons. The lowest BCUT2D eigenvalue weighted by Crippen LogP contribution is -2.27. The topological polar surface area (TPSA) is 66.1 Å². The van der Waals surface area contributed by atoms with Gasteiger partial charge < -0.3 is 4.57 Å². The molecule has 2 heterocycles. The Labute approximate surface area is 218 Å². The average Bonchev–Trinajstić information content (AvgIpc) is 3.41. The van der Waals surface area contributed by atoms with Crippen LogP contribution in [0.3, 0.4) is 0 Å². The van der Waals surface area contributed by atoms with Crippen molar-refractivity contribution in [1.29, 1.82) is 5.26 Å². The lowest BCUT2D eigenvalue weighted by molar-refractivity contribution is -0.123. The van der Waals surface area contributed by atoms with E-state index in [4.69, 9.17) is 0 Å². The molecule has 0 bridgehead atoms. The maximum absolute atomic E-state index is 13.4. The van der Waals surface area contributed by atoms with E-state index in [0.29, 0.717) is 17.0 Å². The summed E-state index contributed by atoms with van der Waals surface area (Å²) in [5.41, 5.74) is 4.36. The Morgan fingerprint density at radius 2 is 1.49 bits per heavy atom. The molecule has 1 saturated heterocycles. The molecule has 4 aromatic carbocycles. The summed E-state index contributed by atoms with van der Waals surface area (Å²) >= 11 is 0.975. The van der Waals surface area contributed by atoms with Gasteiger partial charge in [0.05, 0.1) is 23.1 Å². The smallest absolute Gasteiger partial charge is 0.293 e. The normalized spacial score (nSPS) is 14.7. The quantitative estimate of drug-likeness (QED) is 0.245. The second-order valence-corrected chi connectivity index (χ2v) is 9.90. The van der Waals surface area contributed by atoms with Crippen LogP contribution in [-0.4, -0.2) is 20.6 Å². The fourth-order valence-electron chi connectivity index (χ4n) is 4.85. The minimum absolute atomic E-state index is 0.232. The fourth-order valence-corrected chi connectivity index (χ4v) is 5.68. The van der Waals surface area contributed by atoms with Gasteiger partial charge in [-0.2, -0.15) is 5.26 Å². The van der Waals surface area contributed by atoms with Gasteiger partial charge in [0.2, 0.25) is 0 Å². The Bertz CT molecular complexity index is 1770. The van der Waals surface area contributed by atoms with Gasteiger partial charge >= 0.3 is 0 Å². The van der Waals surface area contributed by atoms with Crippen LogP contribution in [0.2, 0.25) is 0 Å². The Kier molecular flexibility index (Phi) is 5.84. The van der Waals surface area contributed by atoms with Crippen molar-refractivity contribution in [2.75, 3.05) is 0 Å². The van der Waals surface area contributed by atoms with Crippen LogP contribution < -0.4 is 0 Å². The van der Waals surface area contributed by atoms with E-state index in [-0.39, 0.29) is 17.7 Å². The molecule has 0 radical (unpaired) electrons. The predicted molar refractivity (Wildman–Crippen MR) is 148 cm³/mol. The number of rotatable bonds is 5. The van der Waals surface area contributed by atoms with E-state index in [2.05, 4.69) is 10.6 Å². The van der Waals surface area contributed by atoms with Gasteiger partial charge in [0, 0.05) is 29.2 Å². The largest absolute Gasteiger partial charge is 0.342 e. The third-order valence-corrected chi connectivity index (χ3v) is 7.57. The van der Waals surface area contributed by atoms with Crippen molar-refractivity contribution in [3.05, 3.63) is 124 Å². The fraction of sp³-hybridized carbons (Fsp3) is 0.0645. The number of hydrogen-bond acceptors (Lipinski definition) is 4. The number of benzene rings is 4. The zero-order chi connectivity index (χ0) is 25.4. The van der Waals surface area contributed by atoms with E-state index >= 15 is 0 Å². The molecule has 0 unspecified atom stereocenters. The maximum atomic E-state index is 13.4. The number of para-hydroxylation sites is 1. The summed E-state index contributed by atoms with van der Waals surface area (Å²) in [6, 6.07) is 31.7. The Hall–Kier alpha value is -4.60. The van der Waals surface area contributed by atoms with E-state index in [0.717, 1.165) is 50.1 Å². The van der Waals surface area contributed by atoms with E-state index in [1.165, 1.54) is 4.90 Å². The van der Waals surface area contributed by atoms with Gasteiger partial charge in [-0.3, -0.25) is 14.5 Å². The highest BCUT2D eigenvalue weighted by atomic mass is 32.2. The van der Waals surface area contributed by atoms with Crippen LogP contribution in [0.1, 0.15) is 22.3 Å². The predicted octanol–water partition coefficient (Wildman–Crippen LogP) is 6.95. The second-order valence-electron chi connectivity index (χ2n) is 8.90. The summed E-state index contributed by atoms with van der Waals surface area (Å²) in [6.45, 7) is 0.761. The van der Waals surface area contributed by atoms with Crippen molar-refractivity contribution in [1.82, 2.24) is 9.47 Å². The number of thioether (sulfide) groups is 1. The van der Waals surface area contributed by atoms with Crippen LogP contribution in [0.15, 0.2) is 102 Å². The lowest BCUT2D eigenvalue weighted by atomic mass is 10.0. The van der Waals surface area contributed by atoms with Crippen molar-refractivity contribution in [3.8, 4) is 6.07 Å². The van der Waals surface area contributed by atoms with Crippen molar-refractivity contribution in [2.24, 2.45) is 0 Å². The Balaban J connectivity index is 1.33. The number of carbonyl (C=O) groups excluding carboxylic acids is 2. The third kappa shape index (κ3) is 4.20. The minimum Gasteiger partial charge on any atom is -0.342 e. The zero-order valence-electron chi connectivity index (χ0n) is 19.8. The van der Waals surface area contributed by atoms with Gasteiger partial charge in [-0.05, 0) is 51.9 Å². The molecule has 0 saturated carbocycles. The third-order valence-electron chi connectivity index (χ3n) is 6.67. The maximum Gasteiger partial charge on any atom is 0.293 e. The van der Waals surface area contributed by atoms with Gasteiger partial charge in [-0.15, -0.1) is 0 Å². The first-order valence-corrected chi connectivity index (χ1v) is 12.7. The molecule has 0 aliphatic carbocycles. The van der Waals surface area contributed by atoms with Gasteiger partial charge in [-0.25, -0.2) is 0 Å².